The summed E-state index contributed by atoms with van der Waals surface area (Å²) < 4.78 is 6.13. The Hall–Kier alpha value is -5.45. The minimum atomic E-state index is -0.877. The number of hydrogen-bond acceptors (Lipinski definition) is 8. The van der Waals surface area contributed by atoms with Crippen LogP contribution in [-0.4, -0.2) is 88.7 Å². The topological polar surface area (TPSA) is 123 Å². The summed E-state index contributed by atoms with van der Waals surface area (Å²) in [6.07, 6.45) is 2.57. The molecule has 3 aliphatic heterocycles. The van der Waals surface area contributed by atoms with Gasteiger partial charge in [-0.3, -0.25) is 24.6 Å². The van der Waals surface area contributed by atoms with Crippen LogP contribution in [0.3, 0.4) is 0 Å². The second-order valence-electron chi connectivity index (χ2n) is 15.1. The third kappa shape index (κ3) is 8.77. The van der Waals surface area contributed by atoms with E-state index in [9.17, 15) is 24.6 Å². The number of amides is 3. The van der Waals surface area contributed by atoms with Crippen LogP contribution in [0.25, 0.3) is 11.1 Å². The molecule has 0 bridgehead atoms. The van der Waals surface area contributed by atoms with E-state index in [1.807, 2.05) is 49.4 Å². The van der Waals surface area contributed by atoms with Crippen molar-refractivity contribution in [3.05, 3.63) is 125 Å². The number of anilines is 1. The molecule has 7 rings (SSSR count). The van der Waals surface area contributed by atoms with Gasteiger partial charge >= 0.3 is 0 Å². The number of carbonyl (C=O) groups is 3. The van der Waals surface area contributed by atoms with Gasteiger partial charge in [-0.25, -0.2) is 0 Å². The molecule has 4 aromatic carbocycles. The molecule has 0 saturated carbocycles. The van der Waals surface area contributed by atoms with Crippen LogP contribution in [0.15, 0.2) is 97.1 Å². The number of piperidine rings is 1. The van der Waals surface area contributed by atoms with Gasteiger partial charge in [0.15, 0.2) is 0 Å². The minimum absolute atomic E-state index is 0.158. The van der Waals surface area contributed by atoms with Crippen LogP contribution in [0.2, 0.25) is 0 Å². The van der Waals surface area contributed by atoms with Gasteiger partial charge in [-0.15, -0.1) is 0 Å². The van der Waals surface area contributed by atoms with E-state index in [4.69, 9.17) is 4.74 Å². The molecule has 10 nitrogen and oxygen atoms in total. The van der Waals surface area contributed by atoms with Crippen LogP contribution < -0.4 is 15.0 Å². The first-order valence-electron chi connectivity index (χ1n) is 19.4. The maximum Gasteiger partial charge on any atom is 0.255 e. The highest BCUT2D eigenvalue weighted by Gasteiger charge is 2.39. The molecule has 55 heavy (non-hydrogen) atoms. The molecule has 0 radical (unpaired) electrons. The predicted molar refractivity (Wildman–Crippen MR) is 214 cm³/mol. The van der Waals surface area contributed by atoms with E-state index < -0.39 is 17.6 Å². The molecule has 2 atom stereocenters. The van der Waals surface area contributed by atoms with Crippen molar-refractivity contribution in [1.29, 1.82) is 0 Å². The van der Waals surface area contributed by atoms with E-state index in [1.54, 1.807) is 17.0 Å². The molecule has 0 aromatic heterocycles. The van der Waals surface area contributed by atoms with E-state index in [0.29, 0.717) is 38.0 Å². The molecule has 0 spiro atoms. The number of rotatable bonds is 13. The Balaban J connectivity index is 0.890. The zero-order valence-corrected chi connectivity index (χ0v) is 31.7. The summed E-state index contributed by atoms with van der Waals surface area (Å²) in [5.41, 5.74) is 7.31. The molecule has 3 amide bonds. The Morgan fingerprint density at radius 3 is 2.22 bits per heavy atom. The summed E-state index contributed by atoms with van der Waals surface area (Å²) in [7, 11) is 0. The first kappa shape index (κ1) is 37.8. The van der Waals surface area contributed by atoms with Crippen molar-refractivity contribution in [2.45, 2.75) is 64.1 Å². The zero-order valence-electron chi connectivity index (χ0n) is 31.7. The van der Waals surface area contributed by atoms with Gasteiger partial charge in [-0.2, -0.15) is 0 Å². The number of benzene rings is 4. The summed E-state index contributed by atoms with van der Waals surface area (Å²) in [5, 5.41) is 23.6. The number of imide groups is 1. The molecule has 3 aliphatic rings. The van der Waals surface area contributed by atoms with Crippen LogP contribution in [0.1, 0.15) is 78.6 Å². The van der Waals surface area contributed by atoms with Crippen LogP contribution in [0.4, 0.5) is 5.69 Å². The van der Waals surface area contributed by atoms with Crippen LogP contribution >= 0.6 is 0 Å². The van der Waals surface area contributed by atoms with E-state index in [2.05, 4.69) is 64.5 Å². The standard InChI is InChI=1S/C45H50N4O6/c1-3-38(31-7-5-4-6-8-31)42(32-9-14-36(50)15-10-32)33-11-16-37(17-12-33)55-28-22-45(2,54)21-23-47-24-26-48(27-25-47)35-13-18-39-34(29-35)30-49(44(39)53)40-19-20-41(51)46-43(40)52/h4-18,29,40,50,54H,3,19-28,30H2,1-2H3,(H,46,51,52)/b42-38-. The maximum absolute atomic E-state index is 13.1. The average Bonchev–Trinajstić information content (AvgIpc) is 3.52. The number of phenols is 1. The Labute approximate surface area is 323 Å². The van der Waals surface area contributed by atoms with Crippen molar-refractivity contribution in [2.75, 3.05) is 44.2 Å². The second kappa shape index (κ2) is 16.5. The lowest BCUT2D eigenvalue weighted by atomic mass is 9.88. The van der Waals surface area contributed by atoms with Crippen molar-refractivity contribution in [1.82, 2.24) is 15.1 Å². The zero-order chi connectivity index (χ0) is 38.5. The molecular formula is C45H50N4O6. The molecule has 4 aromatic rings. The number of aromatic hydroxyl groups is 1. The molecule has 2 fully saturated rings. The Bertz CT molecular complexity index is 2040. The minimum Gasteiger partial charge on any atom is -0.508 e. The number of piperazine rings is 1. The van der Waals surface area contributed by atoms with Crippen molar-refractivity contribution < 1.29 is 29.3 Å². The van der Waals surface area contributed by atoms with E-state index in [0.717, 1.165) is 78.4 Å². The molecule has 2 unspecified atom stereocenters. The second-order valence-corrected chi connectivity index (χ2v) is 15.1. The fourth-order valence-electron chi connectivity index (χ4n) is 7.93. The quantitative estimate of drug-likeness (QED) is 0.109. The van der Waals surface area contributed by atoms with Crippen molar-refractivity contribution >= 4 is 34.6 Å². The summed E-state index contributed by atoms with van der Waals surface area (Å²) in [4.78, 5) is 43.4. The smallest absolute Gasteiger partial charge is 0.255 e. The SMILES string of the molecule is CC/C(=C(\c1ccc(O)cc1)c1ccc(OCCC(C)(O)CCN2CCN(c3ccc4c(c3)CN(C3CCC(=O)NC3=O)C4=O)CC2)cc1)c1ccccc1. The third-order valence-electron chi connectivity index (χ3n) is 11.2. The average molecular weight is 743 g/mol. The number of fused-ring (bicyclic) bond motifs is 1. The molecule has 3 heterocycles. The number of ether oxygens (including phenoxy) is 1. The lowest BCUT2D eigenvalue weighted by Gasteiger charge is -2.37. The fourth-order valence-corrected chi connectivity index (χ4v) is 7.93. The normalized spacial score (nSPS) is 19.1. The highest BCUT2D eigenvalue weighted by Crippen LogP contribution is 2.36. The number of aliphatic hydroxyl groups is 1. The Kier molecular flexibility index (Phi) is 11.4. The fraction of sp³-hybridized carbons (Fsp3) is 0.356. The van der Waals surface area contributed by atoms with Crippen molar-refractivity contribution in [2.24, 2.45) is 0 Å². The summed E-state index contributed by atoms with van der Waals surface area (Å²) in [6, 6.07) is 31.1. The first-order chi connectivity index (χ1) is 26.6. The van der Waals surface area contributed by atoms with E-state index >= 15 is 0 Å². The van der Waals surface area contributed by atoms with Crippen molar-refractivity contribution in [3.63, 3.8) is 0 Å². The summed E-state index contributed by atoms with van der Waals surface area (Å²) in [6.45, 7) is 8.98. The Morgan fingerprint density at radius 2 is 1.55 bits per heavy atom. The Morgan fingerprint density at radius 1 is 0.855 bits per heavy atom. The van der Waals surface area contributed by atoms with Gasteiger partial charge in [0.05, 0.1) is 12.2 Å². The number of nitrogens with zero attached hydrogens (tertiary/aromatic N) is 3. The van der Waals surface area contributed by atoms with E-state index in [1.165, 1.54) is 5.57 Å². The number of hydrogen-bond donors (Lipinski definition) is 3. The molecular weight excluding hydrogens is 693 g/mol. The number of allylic oxidation sites excluding steroid dienone is 1. The van der Waals surface area contributed by atoms with Gasteiger partial charge in [0.1, 0.15) is 17.5 Å². The predicted octanol–water partition coefficient (Wildman–Crippen LogP) is 6.25. The first-order valence-corrected chi connectivity index (χ1v) is 19.4. The highest BCUT2D eigenvalue weighted by molar-refractivity contribution is 6.05. The third-order valence-corrected chi connectivity index (χ3v) is 11.2. The molecule has 3 N–H and O–H groups in total. The van der Waals surface area contributed by atoms with Crippen molar-refractivity contribution in [3.8, 4) is 11.5 Å². The van der Waals surface area contributed by atoms with E-state index in [-0.39, 0.29) is 24.0 Å². The molecule has 2 saturated heterocycles. The lowest BCUT2D eigenvalue weighted by molar-refractivity contribution is -0.136. The number of carbonyl (C=O) groups excluding carboxylic acids is 3. The maximum atomic E-state index is 13.1. The lowest BCUT2D eigenvalue weighted by Crippen LogP contribution is -2.52. The van der Waals surface area contributed by atoms with Crippen LogP contribution in [0.5, 0.6) is 11.5 Å². The van der Waals surface area contributed by atoms with Crippen LogP contribution in [0, 0.1) is 0 Å². The highest BCUT2D eigenvalue weighted by atomic mass is 16.5. The monoisotopic (exact) mass is 742 g/mol. The van der Waals surface area contributed by atoms with Gasteiger partial charge in [0.2, 0.25) is 11.8 Å². The summed E-state index contributed by atoms with van der Waals surface area (Å²) >= 11 is 0. The van der Waals surface area contributed by atoms with Gasteiger partial charge in [-0.1, -0.05) is 61.5 Å². The molecule has 10 heteroatoms. The van der Waals surface area contributed by atoms with Gasteiger partial charge < -0.3 is 24.7 Å². The van der Waals surface area contributed by atoms with Gasteiger partial charge in [-0.05, 0) is 102 Å². The van der Waals surface area contributed by atoms with Crippen LogP contribution in [-0.2, 0) is 16.1 Å². The largest absolute Gasteiger partial charge is 0.508 e. The van der Waals surface area contributed by atoms with Gasteiger partial charge in [0, 0.05) is 63.4 Å². The molecule has 0 aliphatic carbocycles. The van der Waals surface area contributed by atoms with Gasteiger partial charge in [0.25, 0.3) is 5.91 Å². The number of nitrogens with one attached hydrogen (secondary N) is 1. The number of phenolic OH excluding ortho intramolecular Hbond substituents is 1. The molecule has 286 valence electrons. The summed E-state index contributed by atoms with van der Waals surface area (Å²) in [5.74, 6) is 0.138.